The predicted molar refractivity (Wildman–Crippen MR) is 116 cm³/mol. The zero-order valence-corrected chi connectivity index (χ0v) is 17.6. The van der Waals surface area contributed by atoms with Crippen LogP contribution in [0.25, 0.3) is 5.65 Å². The van der Waals surface area contributed by atoms with Crippen molar-refractivity contribution in [1.29, 1.82) is 0 Å². The number of hydrogen-bond donors (Lipinski definition) is 1. The van der Waals surface area contributed by atoms with Gasteiger partial charge in [-0.1, -0.05) is 58.0 Å². The van der Waals surface area contributed by atoms with Crippen LogP contribution in [0.15, 0.2) is 53.3 Å². The maximum atomic E-state index is 12.5. The van der Waals surface area contributed by atoms with Gasteiger partial charge in [-0.15, -0.1) is 0 Å². The fourth-order valence-corrected chi connectivity index (χ4v) is 3.74. The summed E-state index contributed by atoms with van der Waals surface area (Å²) in [6.45, 7) is 11.4. The Bertz CT molecular complexity index is 987. The van der Waals surface area contributed by atoms with Crippen molar-refractivity contribution in [2.75, 3.05) is 0 Å². The van der Waals surface area contributed by atoms with Crippen LogP contribution in [0.1, 0.15) is 56.3 Å². The van der Waals surface area contributed by atoms with E-state index in [4.69, 9.17) is 0 Å². The van der Waals surface area contributed by atoms with Gasteiger partial charge in [0, 0.05) is 24.3 Å². The summed E-state index contributed by atoms with van der Waals surface area (Å²) in [6.07, 6.45) is 1.10. The molecule has 0 saturated carbocycles. The molecule has 28 heavy (non-hydrogen) atoms. The summed E-state index contributed by atoms with van der Waals surface area (Å²) in [6, 6.07) is 16.5. The standard InChI is InChI=1S/C24H31N3O/c1-16(2)13-19-9-11-20(12-10-19)24(17(3)4)25-15-21-14-23(28)27-18(5)7-6-8-22(27)26-21/h6-12,14,16-17,24-25H,13,15H2,1-5H3/t24-/m1/s1. The van der Waals surface area contributed by atoms with Gasteiger partial charge in [0.05, 0.1) is 5.69 Å². The van der Waals surface area contributed by atoms with Crippen LogP contribution in [0, 0.1) is 18.8 Å². The zero-order valence-electron chi connectivity index (χ0n) is 17.6. The first kappa shape index (κ1) is 20.3. The van der Waals surface area contributed by atoms with E-state index in [9.17, 15) is 4.79 Å². The lowest BCUT2D eigenvalue weighted by Crippen LogP contribution is -2.27. The summed E-state index contributed by atoms with van der Waals surface area (Å²) in [5.74, 6) is 1.09. The Kier molecular flexibility index (Phi) is 6.30. The van der Waals surface area contributed by atoms with Crippen LogP contribution < -0.4 is 10.9 Å². The fourth-order valence-electron chi connectivity index (χ4n) is 3.74. The third-order valence-corrected chi connectivity index (χ3v) is 5.09. The van der Waals surface area contributed by atoms with Gasteiger partial charge in [-0.05, 0) is 48.4 Å². The highest BCUT2D eigenvalue weighted by molar-refractivity contribution is 5.40. The lowest BCUT2D eigenvalue weighted by molar-refractivity contribution is 0.408. The average Bonchev–Trinajstić information content (AvgIpc) is 2.62. The van der Waals surface area contributed by atoms with E-state index in [1.54, 1.807) is 10.5 Å². The minimum Gasteiger partial charge on any atom is -0.304 e. The molecule has 1 N–H and O–H groups in total. The van der Waals surface area contributed by atoms with Gasteiger partial charge in [0.1, 0.15) is 5.65 Å². The van der Waals surface area contributed by atoms with E-state index >= 15 is 0 Å². The Balaban J connectivity index is 1.79. The minimum absolute atomic E-state index is 0.0287. The third-order valence-electron chi connectivity index (χ3n) is 5.09. The summed E-state index contributed by atoms with van der Waals surface area (Å²) >= 11 is 0. The van der Waals surface area contributed by atoms with Crippen LogP contribution in [0.2, 0.25) is 0 Å². The Hall–Kier alpha value is -2.46. The van der Waals surface area contributed by atoms with Crippen molar-refractivity contribution in [3.8, 4) is 0 Å². The maximum absolute atomic E-state index is 12.5. The van der Waals surface area contributed by atoms with E-state index in [1.807, 2.05) is 25.1 Å². The Labute approximate surface area is 167 Å². The number of hydrogen-bond acceptors (Lipinski definition) is 3. The smallest absolute Gasteiger partial charge is 0.258 e. The molecule has 2 heterocycles. The highest BCUT2D eigenvalue weighted by Crippen LogP contribution is 2.23. The van der Waals surface area contributed by atoms with Gasteiger partial charge in [0.25, 0.3) is 5.56 Å². The van der Waals surface area contributed by atoms with E-state index < -0.39 is 0 Å². The van der Waals surface area contributed by atoms with Crippen molar-refractivity contribution in [1.82, 2.24) is 14.7 Å². The number of aromatic nitrogens is 2. The molecule has 0 unspecified atom stereocenters. The number of nitrogens with zero attached hydrogens (tertiary/aromatic N) is 2. The van der Waals surface area contributed by atoms with Crippen molar-refractivity contribution >= 4 is 5.65 Å². The molecule has 0 aliphatic rings. The molecule has 3 rings (SSSR count). The first-order valence-corrected chi connectivity index (χ1v) is 10.2. The quantitative estimate of drug-likeness (QED) is 0.650. The van der Waals surface area contributed by atoms with Gasteiger partial charge in [-0.25, -0.2) is 4.98 Å². The predicted octanol–water partition coefficient (Wildman–Crippen LogP) is 4.69. The Morgan fingerprint density at radius 2 is 1.75 bits per heavy atom. The lowest BCUT2D eigenvalue weighted by Gasteiger charge is -2.23. The Morgan fingerprint density at radius 1 is 1.04 bits per heavy atom. The molecule has 3 aromatic rings. The second-order valence-corrected chi connectivity index (χ2v) is 8.39. The van der Waals surface area contributed by atoms with Crippen LogP contribution in [0.3, 0.4) is 0 Å². The fraction of sp³-hybridized carbons (Fsp3) is 0.417. The molecule has 0 spiro atoms. The monoisotopic (exact) mass is 377 g/mol. The van der Waals surface area contributed by atoms with Crippen LogP contribution in [-0.4, -0.2) is 9.38 Å². The first-order chi connectivity index (χ1) is 13.3. The van der Waals surface area contributed by atoms with Crippen molar-refractivity contribution in [3.63, 3.8) is 0 Å². The van der Waals surface area contributed by atoms with Gasteiger partial charge in [0.15, 0.2) is 0 Å². The molecule has 1 aromatic carbocycles. The largest absolute Gasteiger partial charge is 0.304 e. The summed E-state index contributed by atoms with van der Waals surface area (Å²) < 4.78 is 1.65. The zero-order chi connectivity index (χ0) is 20.3. The van der Waals surface area contributed by atoms with Crippen molar-refractivity contribution < 1.29 is 0 Å². The molecule has 0 aliphatic carbocycles. The topological polar surface area (TPSA) is 46.4 Å². The number of aryl methyl sites for hydroxylation is 1. The molecule has 2 aromatic heterocycles. The highest BCUT2D eigenvalue weighted by Gasteiger charge is 2.16. The lowest BCUT2D eigenvalue weighted by atomic mass is 9.93. The summed E-state index contributed by atoms with van der Waals surface area (Å²) in [4.78, 5) is 17.2. The third kappa shape index (κ3) is 4.68. The summed E-state index contributed by atoms with van der Waals surface area (Å²) in [5, 5.41) is 3.61. The molecule has 148 valence electrons. The normalized spacial score (nSPS) is 12.8. The van der Waals surface area contributed by atoms with Crippen LogP contribution in [-0.2, 0) is 13.0 Å². The van der Waals surface area contributed by atoms with E-state index in [0.717, 1.165) is 17.8 Å². The SMILES string of the molecule is Cc1cccc2nc(CN[C@@H](c3ccc(CC(C)C)cc3)C(C)C)cc(=O)n12. The number of benzene rings is 1. The molecule has 0 aliphatic heterocycles. The van der Waals surface area contributed by atoms with E-state index in [1.165, 1.54) is 11.1 Å². The summed E-state index contributed by atoms with van der Waals surface area (Å²) in [7, 11) is 0. The minimum atomic E-state index is -0.0287. The molecule has 1 atom stereocenters. The number of fused-ring (bicyclic) bond motifs is 1. The van der Waals surface area contributed by atoms with Gasteiger partial charge in [-0.3, -0.25) is 9.20 Å². The second-order valence-electron chi connectivity index (χ2n) is 8.39. The molecule has 0 fully saturated rings. The molecule has 0 amide bonds. The second kappa shape index (κ2) is 8.70. The first-order valence-electron chi connectivity index (χ1n) is 10.2. The summed E-state index contributed by atoms with van der Waals surface area (Å²) in [5.41, 5.74) is 4.99. The Morgan fingerprint density at radius 3 is 2.39 bits per heavy atom. The van der Waals surface area contributed by atoms with Crippen molar-refractivity contribution in [2.24, 2.45) is 11.8 Å². The number of rotatable bonds is 7. The molecule has 0 saturated heterocycles. The van der Waals surface area contributed by atoms with Crippen LogP contribution in [0.5, 0.6) is 0 Å². The van der Waals surface area contributed by atoms with Gasteiger partial charge in [-0.2, -0.15) is 0 Å². The maximum Gasteiger partial charge on any atom is 0.258 e. The van der Waals surface area contributed by atoms with Crippen molar-refractivity contribution in [2.45, 2.75) is 53.6 Å². The molecule has 0 radical (unpaired) electrons. The van der Waals surface area contributed by atoms with Gasteiger partial charge >= 0.3 is 0 Å². The molecular formula is C24H31N3O. The molecular weight excluding hydrogens is 346 g/mol. The van der Waals surface area contributed by atoms with E-state index in [2.05, 4.69) is 62.3 Å². The van der Waals surface area contributed by atoms with Gasteiger partial charge in [0.2, 0.25) is 0 Å². The molecule has 4 nitrogen and oxygen atoms in total. The molecule has 4 heteroatoms. The van der Waals surface area contributed by atoms with Crippen LogP contribution in [0.4, 0.5) is 0 Å². The van der Waals surface area contributed by atoms with Gasteiger partial charge < -0.3 is 5.32 Å². The number of nitrogens with one attached hydrogen (secondary N) is 1. The molecule has 0 bridgehead atoms. The van der Waals surface area contributed by atoms with E-state index in [0.29, 0.717) is 24.0 Å². The average molecular weight is 378 g/mol. The van der Waals surface area contributed by atoms with E-state index in [-0.39, 0.29) is 11.6 Å². The van der Waals surface area contributed by atoms with Crippen LogP contribution >= 0.6 is 0 Å². The number of pyridine rings is 1. The van der Waals surface area contributed by atoms with Crippen molar-refractivity contribution in [3.05, 3.63) is 81.4 Å². The highest BCUT2D eigenvalue weighted by atomic mass is 16.1.